The van der Waals surface area contributed by atoms with Crippen LogP contribution < -0.4 is 0 Å². The second-order valence-electron chi connectivity index (χ2n) is 5.19. The molecule has 1 aromatic carbocycles. The van der Waals surface area contributed by atoms with Crippen LogP contribution in [0.3, 0.4) is 0 Å². The number of aromatic nitrogens is 1. The van der Waals surface area contributed by atoms with Crippen molar-refractivity contribution in [3.8, 4) is 0 Å². The molecule has 22 heavy (non-hydrogen) atoms. The van der Waals surface area contributed by atoms with Crippen molar-refractivity contribution in [1.82, 2.24) is 4.98 Å². The summed E-state index contributed by atoms with van der Waals surface area (Å²) in [6.07, 6.45) is 6.48. The van der Waals surface area contributed by atoms with Gasteiger partial charge in [-0.3, -0.25) is 4.98 Å². The van der Waals surface area contributed by atoms with Crippen LogP contribution in [0, 0.1) is 6.92 Å². The Morgan fingerprint density at radius 1 is 1.05 bits per heavy atom. The van der Waals surface area contributed by atoms with Gasteiger partial charge in [-0.25, -0.2) is 9.79 Å². The molecule has 0 bridgehead atoms. The molecular formula is C18H16N2O2. The average molecular weight is 292 g/mol. The number of benzene rings is 1. The Labute approximate surface area is 129 Å². The summed E-state index contributed by atoms with van der Waals surface area (Å²) in [6.45, 7) is 2.06. The van der Waals surface area contributed by atoms with Crippen molar-refractivity contribution in [1.29, 1.82) is 0 Å². The van der Waals surface area contributed by atoms with Crippen molar-refractivity contribution in [3.05, 3.63) is 71.2 Å². The van der Waals surface area contributed by atoms with E-state index in [9.17, 15) is 4.79 Å². The molecule has 0 aliphatic carbocycles. The van der Waals surface area contributed by atoms with E-state index < -0.39 is 5.97 Å². The number of carbonyl (C=O) groups is 1. The highest BCUT2D eigenvalue weighted by Gasteiger charge is 2.22. The quantitative estimate of drug-likeness (QED) is 0.641. The molecule has 3 rings (SSSR count). The number of ether oxygens (including phenoxy) is 1. The van der Waals surface area contributed by atoms with Gasteiger partial charge < -0.3 is 4.74 Å². The second-order valence-corrected chi connectivity index (χ2v) is 5.19. The zero-order valence-corrected chi connectivity index (χ0v) is 12.3. The van der Waals surface area contributed by atoms with Gasteiger partial charge in [0.15, 0.2) is 11.6 Å². The highest BCUT2D eigenvalue weighted by atomic mass is 16.6. The number of hydrogen-bond donors (Lipinski definition) is 0. The minimum absolute atomic E-state index is 0.338. The number of cyclic esters (lactones) is 1. The number of pyridine rings is 1. The molecule has 1 aliphatic rings. The van der Waals surface area contributed by atoms with E-state index in [1.54, 1.807) is 18.5 Å². The lowest BCUT2D eigenvalue weighted by Gasteiger charge is -2.01. The molecule has 2 aromatic rings. The molecule has 1 aromatic heterocycles. The topological polar surface area (TPSA) is 51.5 Å². The minimum Gasteiger partial charge on any atom is -0.407 e. The van der Waals surface area contributed by atoms with Crippen molar-refractivity contribution in [2.24, 2.45) is 4.99 Å². The highest BCUT2D eigenvalue weighted by Crippen LogP contribution is 2.17. The summed E-state index contributed by atoms with van der Waals surface area (Å²) in [5, 5.41) is 0. The molecule has 0 radical (unpaired) electrons. The first-order valence-electron chi connectivity index (χ1n) is 7.18. The molecule has 0 fully saturated rings. The van der Waals surface area contributed by atoms with Crippen molar-refractivity contribution in [3.63, 3.8) is 0 Å². The number of rotatable bonds is 4. The lowest BCUT2D eigenvalue weighted by molar-refractivity contribution is -0.130. The molecule has 0 unspecified atom stereocenters. The maximum absolute atomic E-state index is 11.8. The molecule has 0 saturated carbocycles. The first-order chi connectivity index (χ1) is 10.7. The van der Waals surface area contributed by atoms with Gasteiger partial charge in [0.05, 0.1) is 0 Å². The lowest BCUT2D eigenvalue weighted by Crippen LogP contribution is -2.05. The number of hydrogen-bond acceptors (Lipinski definition) is 4. The predicted molar refractivity (Wildman–Crippen MR) is 85.2 cm³/mol. The fourth-order valence-corrected chi connectivity index (χ4v) is 2.18. The van der Waals surface area contributed by atoms with Crippen LogP contribution in [-0.4, -0.2) is 16.9 Å². The molecule has 110 valence electrons. The van der Waals surface area contributed by atoms with Crippen molar-refractivity contribution in [2.75, 3.05) is 0 Å². The van der Waals surface area contributed by atoms with E-state index in [0.717, 1.165) is 12.0 Å². The smallest absolute Gasteiger partial charge is 0.363 e. The zero-order chi connectivity index (χ0) is 15.4. The first kappa shape index (κ1) is 14.2. The third kappa shape index (κ3) is 3.47. The standard InChI is InChI=1S/C18H16N2O2/c1-13-2-4-14(5-3-13)6-7-17-20-16(18(21)22-17)12-15-8-10-19-11-9-15/h2-5,8-12H,6-7H2,1H3/b16-12+. The van der Waals surface area contributed by atoms with Crippen LogP contribution in [0.2, 0.25) is 0 Å². The van der Waals surface area contributed by atoms with Gasteiger partial charge in [0, 0.05) is 18.8 Å². The normalized spacial score (nSPS) is 15.8. The third-order valence-electron chi connectivity index (χ3n) is 3.42. The van der Waals surface area contributed by atoms with E-state index in [4.69, 9.17) is 4.74 Å². The van der Waals surface area contributed by atoms with Crippen LogP contribution >= 0.6 is 0 Å². The second kappa shape index (κ2) is 6.35. The summed E-state index contributed by atoms with van der Waals surface area (Å²) in [6, 6.07) is 12.0. The van der Waals surface area contributed by atoms with Crippen LogP contribution in [0.1, 0.15) is 23.1 Å². The van der Waals surface area contributed by atoms with E-state index in [1.807, 2.05) is 12.1 Å². The van der Waals surface area contributed by atoms with Crippen LogP contribution in [0.5, 0.6) is 0 Å². The summed E-state index contributed by atoms with van der Waals surface area (Å²) in [4.78, 5) is 20.0. The number of esters is 1. The van der Waals surface area contributed by atoms with Crippen LogP contribution in [0.25, 0.3) is 6.08 Å². The van der Waals surface area contributed by atoms with Gasteiger partial charge in [-0.1, -0.05) is 29.8 Å². The molecule has 0 saturated heterocycles. The van der Waals surface area contributed by atoms with E-state index in [2.05, 4.69) is 41.2 Å². The molecule has 0 amide bonds. The molecule has 4 heteroatoms. The summed E-state index contributed by atoms with van der Waals surface area (Å²) < 4.78 is 5.22. The van der Waals surface area contributed by atoms with E-state index in [-0.39, 0.29) is 0 Å². The SMILES string of the molecule is Cc1ccc(CCC2=N/C(=C/c3ccncc3)C(=O)O2)cc1. The van der Waals surface area contributed by atoms with Crippen LogP contribution in [0.15, 0.2) is 59.5 Å². The Hall–Kier alpha value is -2.75. The Morgan fingerprint density at radius 3 is 2.50 bits per heavy atom. The van der Waals surface area contributed by atoms with Gasteiger partial charge in [-0.2, -0.15) is 0 Å². The highest BCUT2D eigenvalue weighted by molar-refractivity contribution is 6.07. The van der Waals surface area contributed by atoms with E-state index >= 15 is 0 Å². The fourth-order valence-electron chi connectivity index (χ4n) is 2.18. The van der Waals surface area contributed by atoms with Gasteiger partial charge in [-0.05, 0) is 42.7 Å². The number of aliphatic imine (C=N–C) groups is 1. The minimum atomic E-state index is -0.393. The van der Waals surface area contributed by atoms with Crippen molar-refractivity contribution in [2.45, 2.75) is 19.8 Å². The fraction of sp³-hybridized carbons (Fsp3) is 0.167. The van der Waals surface area contributed by atoms with Gasteiger partial charge in [0.2, 0.25) is 0 Å². The van der Waals surface area contributed by atoms with Crippen molar-refractivity contribution >= 4 is 17.9 Å². The molecule has 0 spiro atoms. The number of aryl methyl sites for hydroxylation is 2. The monoisotopic (exact) mass is 292 g/mol. The molecule has 0 atom stereocenters. The van der Waals surface area contributed by atoms with Crippen LogP contribution in [-0.2, 0) is 16.0 Å². The van der Waals surface area contributed by atoms with Crippen molar-refractivity contribution < 1.29 is 9.53 Å². The Bertz CT molecular complexity index is 731. The molecule has 2 heterocycles. The summed E-state index contributed by atoms with van der Waals surface area (Å²) in [7, 11) is 0. The van der Waals surface area contributed by atoms with Gasteiger partial charge in [0.25, 0.3) is 0 Å². The van der Waals surface area contributed by atoms with Gasteiger partial charge in [0.1, 0.15) is 0 Å². The lowest BCUT2D eigenvalue weighted by atomic mass is 10.1. The number of carbonyl (C=O) groups excluding carboxylic acids is 1. The molecule has 1 aliphatic heterocycles. The maximum Gasteiger partial charge on any atom is 0.363 e. The van der Waals surface area contributed by atoms with Crippen LogP contribution in [0.4, 0.5) is 0 Å². The molecule has 0 N–H and O–H groups in total. The molecular weight excluding hydrogens is 276 g/mol. The number of nitrogens with zero attached hydrogens (tertiary/aromatic N) is 2. The molecule has 4 nitrogen and oxygen atoms in total. The van der Waals surface area contributed by atoms with Gasteiger partial charge >= 0.3 is 5.97 Å². The first-order valence-corrected chi connectivity index (χ1v) is 7.18. The summed E-state index contributed by atoms with van der Waals surface area (Å²) in [5.41, 5.74) is 3.66. The predicted octanol–water partition coefficient (Wildman–Crippen LogP) is 3.32. The summed E-state index contributed by atoms with van der Waals surface area (Å²) >= 11 is 0. The zero-order valence-electron chi connectivity index (χ0n) is 12.3. The summed E-state index contributed by atoms with van der Waals surface area (Å²) in [5.74, 6) is 0.0848. The average Bonchev–Trinajstić information content (AvgIpc) is 2.88. The van der Waals surface area contributed by atoms with Gasteiger partial charge in [-0.15, -0.1) is 0 Å². The Morgan fingerprint density at radius 2 is 1.77 bits per heavy atom. The maximum atomic E-state index is 11.8. The Balaban J connectivity index is 1.68. The largest absolute Gasteiger partial charge is 0.407 e. The Kier molecular flexibility index (Phi) is 4.10. The third-order valence-corrected chi connectivity index (χ3v) is 3.42. The van der Waals surface area contributed by atoms with E-state index in [0.29, 0.717) is 18.0 Å². The van der Waals surface area contributed by atoms with E-state index in [1.165, 1.54) is 11.1 Å².